The standard InChI is InChI=1S/C13H15ClO3/c14-11-8-9(2-1-3-13(15)16)4-7-12(11)17-10-5-6-10/h4,7-8,10H,1-3,5-6H2,(H,15,16). The van der Waals surface area contributed by atoms with Gasteiger partial charge in [0.1, 0.15) is 5.75 Å². The maximum absolute atomic E-state index is 10.4. The number of hydrogen-bond donors (Lipinski definition) is 1. The van der Waals surface area contributed by atoms with Gasteiger partial charge in [-0.15, -0.1) is 0 Å². The third kappa shape index (κ3) is 3.93. The lowest BCUT2D eigenvalue weighted by Gasteiger charge is -2.08. The molecule has 1 aromatic carbocycles. The zero-order valence-corrected chi connectivity index (χ0v) is 10.2. The van der Waals surface area contributed by atoms with Crippen molar-refractivity contribution in [3.8, 4) is 5.75 Å². The van der Waals surface area contributed by atoms with E-state index in [0.29, 0.717) is 17.5 Å². The molecule has 0 radical (unpaired) electrons. The molecule has 4 heteroatoms. The van der Waals surface area contributed by atoms with Crippen molar-refractivity contribution in [1.29, 1.82) is 0 Å². The average Bonchev–Trinajstić information content (AvgIpc) is 3.05. The molecule has 1 saturated carbocycles. The summed E-state index contributed by atoms with van der Waals surface area (Å²) in [6.07, 6.45) is 4.11. The van der Waals surface area contributed by atoms with Crippen molar-refractivity contribution in [3.05, 3.63) is 28.8 Å². The summed E-state index contributed by atoms with van der Waals surface area (Å²) in [5.41, 5.74) is 1.05. The Hall–Kier alpha value is -1.22. The van der Waals surface area contributed by atoms with E-state index in [1.807, 2.05) is 18.2 Å². The van der Waals surface area contributed by atoms with E-state index in [-0.39, 0.29) is 6.42 Å². The highest BCUT2D eigenvalue weighted by Crippen LogP contribution is 2.32. The molecule has 0 aliphatic heterocycles. The smallest absolute Gasteiger partial charge is 0.303 e. The van der Waals surface area contributed by atoms with Crippen LogP contribution in [0.3, 0.4) is 0 Å². The second kappa shape index (κ2) is 5.41. The monoisotopic (exact) mass is 254 g/mol. The minimum absolute atomic E-state index is 0.192. The number of hydrogen-bond acceptors (Lipinski definition) is 2. The minimum Gasteiger partial charge on any atom is -0.489 e. The van der Waals surface area contributed by atoms with Crippen LogP contribution in [-0.2, 0) is 11.2 Å². The van der Waals surface area contributed by atoms with Crippen LogP contribution < -0.4 is 4.74 Å². The summed E-state index contributed by atoms with van der Waals surface area (Å²) in [5, 5.41) is 9.17. The van der Waals surface area contributed by atoms with Crippen molar-refractivity contribution in [2.24, 2.45) is 0 Å². The predicted octanol–water partition coefficient (Wildman–Crippen LogP) is 3.29. The SMILES string of the molecule is O=C(O)CCCc1ccc(OC2CC2)c(Cl)c1. The Balaban J connectivity index is 1.90. The molecule has 0 spiro atoms. The van der Waals surface area contributed by atoms with Crippen molar-refractivity contribution in [3.63, 3.8) is 0 Å². The Morgan fingerprint density at radius 2 is 2.24 bits per heavy atom. The summed E-state index contributed by atoms with van der Waals surface area (Å²) < 4.78 is 5.63. The second-order valence-electron chi connectivity index (χ2n) is 4.33. The van der Waals surface area contributed by atoms with E-state index in [1.54, 1.807) is 0 Å². The molecule has 0 unspecified atom stereocenters. The predicted molar refractivity (Wildman–Crippen MR) is 65.7 cm³/mol. The highest BCUT2D eigenvalue weighted by Gasteiger charge is 2.24. The number of aliphatic carboxylic acids is 1. The molecule has 3 nitrogen and oxygen atoms in total. The van der Waals surface area contributed by atoms with Gasteiger partial charge in [-0.3, -0.25) is 4.79 Å². The van der Waals surface area contributed by atoms with Gasteiger partial charge in [-0.25, -0.2) is 0 Å². The first-order valence-electron chi connectivity index (χ1n) is 5.82. The number of benzene rings is 1. The Labute approximate surface area is 105 Å². The van der Waals surface area contributed by atoms with Gasteiger partial charge in [-0.2, -0.15) is 0 Å². The molecule has 0 heterocycles. The molecular formula is C13H15ClO3. The van der Waals surface area contributed by atoms with Crippen molar-refractivity contribution in [2.75, 3.05) is 0 Å². The molecule has 0 saturated heterocycles. The molecule has 0 bridgehead atoms. The van der Waals surface area contributed by atoms with Gasteiger partial charge in [-0.05, 0) is 43.4 Å². The highest BCUT2D eigenvalue weighted by molar-refractivity contribution is 6.32. The topological polar surface area (TPSA) is 46.5 Å². The zero-order valence-electron chi connectivity index (χ0n) is 9.49. The first-order valence-corrected chi connectivity index (χ1v) is 6.20. The number of halogens is 1. The minimum atomic E-state index is -0.759. The van der Waals surface area contributed by atoms with E-state index in [0.717, 1.165) is 30.6 Å². The average molecular weight is 255 g/mol. The Morgan fingerprint density at radius 1 is 1.47 bits per heavy atom. The van der Waals surface area contributed by atoms with Crippen LogP contribution in [0.2, 0.25) is 5.02 Å². The molecule has 1 aliphatic carbocycles. The van der Waals surface area contributed by atoms with Gasteiger partial charge in [0, 0.05) is 6.42 Å². The van der Waals surface area contributed by atoms with Crippen LogP contribution in [0.1, 0.15) is 31.2 Å². The number of carboxylic acid groups (broad SMARTS) is 1. The fraction of sp³-hybridized carbons (Fsp3) is 0.462. The normalized spacial score (nSPS) is 14.6. The van der Waals surface area contributed by atoms with Gasteiger partial charge in [0.15, 0.2) is 0 Å². The third-order valence-corrected chi connectivity index (χ3v) is 2.97. The van der Waals surface area contributed by atoms with E-state index >= 15 is 0 Å². The summed E-state index contributed by atoms with van der Waals surface area (Å²) in [6, 6.07) is 5.68. The van der Waals surface area contributed by atoms with Crippen LogP contribution in [0.25, 0.3) is 0 Å². The van der Waals surface area contributed by atoms with Crippen LogP contribution in [0.15, 0.2) is 18.2 Å². The van der Waals surface area contributed by atoms with E-state index in [9.17, 15) is 4.79 Å². The second-order valence-corrected chi connectivity index (χ2v) is 4.74. The Kier molecular flexibility index (Phi) is 3.89. The summed E-state index contributed by atoms with van der Waals surface area (Å²) in [5.74, 6) is -0.0269. The number of aryl methyl sites for hydroxylation is 1. The first-order chi connectivity index (χ1) is 8.15. The van der Waals surface area contributed by atoms with Gasteiger partial charge < -0.3 is 9.84 Å². The van der Waals surface area contributed by atoms with Crippen LogP contribution in [0.5, 0.6) is 5.75 Å². The zero-order chi connectivity index (χ0) is 12.3. The molecule has 0 amide bonds. The molecule has 2 rings (SSSR count). The van der Waals surface area contributed by atoms with Gasteiger partial charge in [0.25, 0.3) is 0 Å². The molecule has 0 atom stereocenters. The van der Waals surface area contributed by atoms with Gasteiger partial charge >= 0.3 is 5.97 Å². The molecule has 1 fully saturated rings. The lowest BCUT2D eigenvalue weighted by Crippen LogP contribution is -1.98. The summed E-state index contributed by atoms with van der Waals surface area (Å²) >= 11 is 6.10. The van der Waals surface area contributed by atoms with Crippen molar-refractivity contribution in [1.82, 2.24) is 0 Å². The summed E-state index contributed by atoms with van der Waals surface area (Å²) in [4.78, 5) is 10.4. The molecule has 1 N–H and O–H groups in total. The highest BCUT2D eigenvalue weighted by atomic mass is 35.5. The Bertz CT molecular complexity index is 413. The molecule has 1 aromatic rings. The van der Waals surface area contributed by atoms with Crippen molar-refractivity contribution >= 4 is 17.6 Å². The third-order valence-electron chi connectivity index (χ3n) is 2.67. The number of ether oxygens (including phenoxy) is 1. The Morgan fingerprint density at radius 3 is 2.82 bits per heavy atom. The van der Waals surface area contributed by atoms with Gasteiger partial charge in [0.05, 0.1) is 11.1 Å². The van der Waals surface area contributed by atoms with Gasteiger partial charge in [0.2, 0.25) is 0 Å². The lowest BCUT2D eigenvalue weighted by atomic mass is 10.1. The van der Waals surface area contributed by atoms with Crippen LogP contribution >= 0.6 is 11.6 Å². The number of carboxylic acids is 1. The first kappa shape index (κ1) is 12.2. The molecule has 0 aromatic heterocycles. The van der Waals surface area contributed by atoms with E-state index in [1.165, 1.54) is 0 Å². The van der Waals surface area contributed by atoms with Crippen molar-refractivity contribution in [2.45, 2.75) is 38.2 Å². The number of rotatable bonds is 6. The summed E-state index contributed by atoms with van der Waals surface area (Å²) in [6.45, 7) is 0. The maximum atomic E-state index is 10.4. The van der Waals surface area contributed by atoms with E-state index in [4.69, 9.17) is 21.4 Å². The molecular weight excluding hydrogens is 240 g/mol. The van der Waals surface area contributed by atoms with Gasteiger partial charge in [-0.1, -0.05) is 17.7 Å². The molecule has 92 valence electrons. The lowest BCUT2D eigenvalue weighted by molar-refractivity contribution is -0.137. The fourth-order valence-corrected chi connectivity index (χ4v) is 1.85. The van der Waals surface area contributed by atoms with Crippen LogP contribution in [-0.4, -0.2) is 17.2 Å². The quantitative estimate of drug-likeness (QED) is 0.847. The summed E-state index contributed by atoms with van der Waals surface area (Å²) in [7, 11) is 0. The number of carbonyl (C=O) groups is 1. The largest absolute Gasteiger partial charge is 0.489 e. The van der Waals surface area contributed by atoms with E-state index < -0.39 is 5.97 Å². The van der Waals surface area contributed by atoms with Crippen LogP contribution in [0, 0.1) is 0 Å². The fourth-order valence-electron chi connectivity index (χ4n) is 1.60. The molecule has 1 aliphatic rings. The van der Waals surface area contributed by atoms with Crippen molar-refractivity contribution < 1.29 is 14.6 Å². The van der Waals surface area contributed by atoms with E-state index in [2.05, 4.69) is 0 Å². The maximum Gasteiger partial charge on any atom is 0.303 e. The molecule has 17 heavy (non-hydrogen) atoms. The van der Waals surface area contributed by atoms with Crippen LogP contribution in [0.4, 0.5) is 0 Å².